The van der Waals surface area contributed by atoms with Gasteiger partial charge < -0.3 is 20.9 Å². The maximum absolute atomic E-state index is 12.3. The van der Waals surface area contributed by atoms with E-state index in [0.717, 1.165) is 17.1 Å². The first-order chi connectivity index (χ1) is 14.3. The van der Waals surface area contributed by atoms with E-state index in [1.54, 1.807) is 30.3 Å². The molecule has 1 aliphatic rings. The second-order valence-corrected chi connectivity index (χ2v) is 11.6. The Bertz CT molecular complexity index is 1120. The van der Waals surface area contributed by atoms with Gasteiger partial charge in [-0.05, 0) is 59.0 Å². The molecule has 2 aromatic rings. The SMILES string of the molecule is C=CC1=C(N(C)c2ccc(NC(=O)Nc3cc(Cl)nc(I)c3)cc2)NC=I(=C)C1=N. The molecule has 2 amide bonds. The average Bonchev–Trinajstić information content (AvgIpc) is 2.69. The number of hydrogen-bond donors (Lipinski definition) is 4. The number of benzene rings is 1. The van der Waals surface area contributed by atoms with Crippen molar-refractivity contribution in [3.63, 3.8) is 0 Å². The highest BCUT2D eigenvalue weighted by Gasteiger charge is 2.17. The Balaban J connectivity index is 1.71. The van der Waals surface area contributed by atoms with Gasteiger partial charge in [0.15, 0.2) is 0 Å². The van der Waals surface area contributed by atoms with Crippen LogP contribution in [0.2, 0.25) is 5.15 Å². The van der Waals surface area contributed by atoms with Gasteiger partial charge in [0.2, 0.25) is 0 Å². The zero-order valence-corrected chi connectivity index (χ0v) is 21.0. The van der Waals surface area contributed by atoms with E-state index in [4.69, 9.17) is 17.0 Å². The Hall–Kier alpha value is -2.12. The lowest BCUT2D eigenvalue weighted by molar-refractivity contribution is 0.262. The van der Waals surface area contributed by atoms with E-state index in [9.17, 15) is 4.79 Å². The molecule has 1 aromatic heterocycles. The van der Waals surface area contributed by atoms with Gasteiger partial charge >= 0.3 is 6.03 Å². The van der Waals surface area contributed by atoms with Crippen molar-refractivity contribution in [2.45, 2.75) is 0 Å². The van der Waals surface area contributed by atoms with Crippen molar-refractivity contribution >= 4 is 88.5 Å². The zero-order chi connectivity index (χ0) is 21.8. The summed E-state index contributed by atoms with van der Waals surface area (Å²) in [5.74, 6) is 0.787. The molecule has 0 atom stereocenters. The maximum atomic E-state index is 12.3. The van der Waals surface area contributed by atoms with Crippen molar-refractivity contribution in [2.24, 2.45) is 0 Å². The number of hydrogen-bond acceptors (Lipinski definition) is 5. The van der Waals surface area contributed by atoms with Crippen LogP contribution in [0, 0.1) is 9.11 Å². The van der Waals surface area contributed by atoms with E-state index >= 15 is 0 Å². The van der Waals surface area contributed by atoms with Crippen molar-refractivity contribution in [3.8, 4) is 0 Å². The molecule has 3 rings (SSSR count). The molecule has 0 fully saturated rings. The number of nitrogens with zero attached hydrogens (tertiary/aromatic N) is 2. The predicted molar refractivity (Wildman–Crippen MR) is 145 cm³/mol. The van der Waals surface area contributed by atoms with Crippen LogP contribution in [0.15, 0.2) is 60.4 Å². The molecule has 10 heteroatoms. The number of aromatic nitrogens is 1. The van der Waals surface area contributed by atoms with E-state index in [-0.39, 0.29) is 6.03 Å². The molecule has 4 N–H and O–H groups in total. The monoisotopic (exact) mass is 648 g/mol. The topological polar surface area (TPSA) is 93.1 Å². The molecule has 0 saturated carbocycles. The van der Waals surface area contributed by atoms with E-state index < -0.39 is 18.9 Å². The van der Waals surface area contributed by atoms with Crippen LogP contribution >= 0.6 is 53.1 Å². The van der Waals surface area contributed by atoms with Gasteiger partial charge in [0.05, 0.1) is 3.72 Å². The highest BCUT2D eigenvalue weighted by molar-refractivity contribution is 14.2. The highest BCUT2D eigenvalue weighted by atomic mass is 127. The third kappa shape index (κ3) is 5.32. The maximum Gasteiger partial charge on any atom is 0.323 e. The number of halogens is 3. The van der Waals surface area contributed by atoms with Crippen molar-refractivity contribution in [2.75, 3.05) is 22.6 Å². The van der Waals surface area contributed by atoms with Crippen molar-refractivity contribution in [1.82, 2.24) is 10.3 Å². The normalized spacial score (nSPS) is 13.9. The molecule has 1 aliphatic heterocycles. The average molecular weight is 649 g/mol. The van der Waals surface area contributed by atoms with Crippen LogP contribution in [0.25, 0.3) is 0 Å². The zero-order valence-electron chi connectivity index (χ0n) is 16.0. The minimum absolute atomic E-state index is 0.313. The second-order valence-electron chi connectivity index (χ2n) is 6.12. The summed E-state index contributed by atoms with van der Waals surface area (Å²) in [6, 6.07) is 10.3. The summed E-state index contributed by atoms with van der Waals surface area (Å²) >= 11 is 6.15. The van der Waals surface area contributed by atoms with Crippen molar-refractivity contribution in [1.29, 1.82) is 5.41 Å². The molecule has 0 unspecified atom stereocenters. The van der Waals surface area contributed by atoms with Gasteiger partial charge in [0.1, 0.15) is 14.7 Å². The molecule has 0 bridgehead atoms. The minimum Gasteiger partial charge on any atom is -0.343 e. The van der Waals surface area contributed by atoms with Gasteiger partial charge in [-0.15, -0.1) is 0 Å². The highest BCUT2D eigenvalue weighted by Crippen LogP contribution is 2.27. The van der Waals surface area contributed by atoms with Crippen molar-refractivity contribution in [3.05, 3.63) is 69.3 Å². The lowest BCUT2D eigenvalue weighted by atomic mass is 10.2. The molecular formula is C20H19ClI2N6O. The number of rotatable bonds is 5. The molecular weight excluding hydrogens is 630 g/mol. The second kappa shape index (κ2) is 9.79. The fourth-order valence-electron chi connectivity index (χ4n) is 2.68. The van der Waals surface area contributed by atoms with E-state index in [0.29, 0.717) is 23.9 Å². The largest absolute Gasteiger partial charge is 0.343 e. The molecule has 156 valence electrons. The molecule has 2 heterocycles. The Morgan fingerprint density at radius 3 is 2.60 bits per heavy atom. The lowest BCUT2D eigenvalue weighted by Crippen LogP contribution is -2.32. The number of amides is 2. The number of pyridine rings is 1. The van der Waals surface area contributed by atoms with E-state index in [2.05, 4.69) is 32.0 Å². The summed E-state index contributed by atoms with van der Waals surface area (Å²) in [5.41, 5.74) is 2.87. The van der Waals surface area contributed by atoms with Gasteiger partial charge in [-0.25, -0.2) is 9.78 Å². The summed E-state index contributed by atoms with van der Waals surface area (Å²) < 4.78 is 7.26. The summed E-state index contributed by atoms with van der Waals surface area (Å²) in [6.07, 6.45) is 1.69. The summed E-state index contributed by atoms with van der Waals surface area (Å²) in [6.45, 7) is 3.84. The summed E-state index contributed by atoms with van der Waals surface area (Å²) in [4.78, 5) is 18.3. The first-order valence-electron chi connectivity index (χ1n) is 8.56. The number of carbonyl (C=O) groups is 1. The smallest absolute Gasteiger partial charge is 0.323 e. The van der Waals surface area contributed by atoms with E-state index in [1.165, 1.54) is 0 Å². The number of nitrogens with one attached hydrogen (secondary N) is 4. The van der Waals surface area contributed by atoms with Crippen LogP contribution in [0.5, 0.6) is 0 Å². The van der Waals surface area contributed by atoms with Crippen LogP contribution in [-0.4, -0.2) is 30.4 Å². The Morgan fingerprint density at radius 1 is 1.30 bits per heavy atom. The van der Waals surface area contributed by atoms with Crippen LogP contribution in [0.3, 0.4) is 0 Å². The fourth-order valence-corrected chi connectivity index (χ4v) is 5.83. The first-order valence-corrected chi connectivity index (χ1v) is 13.9. The standard InChI is InChI=1S/C20H19ClI2N6O/c1-4-15-18(24)23(2)11-25-19(15)29(3)14-7-5-12(6-8-14)26-20(30)27-13-9-16(21)28-17(22)10-13/h4-11,24-25H,1-2H2,3H3,(H2,26,27,28,30). The third-order valence-corrected chi connectivity index (χ3v) is 7.91. The predicted octanol–water partition coefficient (Wildman–Crippen LogP) is 5.10. The van der Waals surface area contributed by atoms with Gasteiger partial charge in [-0.3, -0.25) is 5.41 Å². The third-order valence-electron chi connectivity index (χ3n) is 4.13. The van der Waals surface area contributed by atoms with Crippen LogP contribution < -0.4 is 20.9 Å². The molecule has 0 aliphatic carbocycles. The number of anilines is 3. The summed E-state index contributed by atoms with van der Waals surface area (Å²) in [7, 11) is 1.91. The lowest BCUT2D eigenvalue weighted by Gasteiger charge is -2.27. The van der Waals surface area contributed by atoms with Crippen LogP contribution in [-0.2, 0) is 0 Å². The Morgan fingerprint density at radius 2 is 1.97 bits per heavy atom. The van der Waals surface area contributed by atoms with Gasteiger partial charge in [-0.1, -0.05) is 47.6 Å². The fraction of sp³-hybridized carbons (Fsp3) is 0.0500. The minimum atomic E-state index is -1.80. The van der Waals surface area contributed by atoms with Gasteiger partial charge in [0.25, 0.3) is 0 Å². The molecule has 1 aromatic carbocycles. The summed E-state index contributed by atoms with van der Waals surface area (Å²) in [5, 5.41) is 17.4. The Labute approximate surface area is 199 Å². The molecule has 7 nitrogen and oxygen atoms in total. The Kier molecular flexibility index (Phi) is 7.36. The van der Waals surface area contributed by atoms with Crippen LogP contribution in [0.4, 0.5) is 21.9 Å². The molecule has 0 radical (unpaired) electrons. The van der Waals surface area contributed by atoms with Gasteiger partial charge in [-0.2, -0.15) is 0 Å². The van der Waals surface area contributed by atoms with E-state index in [1.807, 2.05) is 50.8 Å². The number of allylic oxidation sites excluding steroid dienone is 2. The van der Waals surface area contributed by atoms with Gasteiger partial charge in [0, 0.05) is 33.8 Å². The number of urea groups is 1. The quantitative estimate of drug-likeness (QED) is 0.269. The first kappa shape index (κ1) is 22.6. The molecule has 0 spiro atoms. The number of carbonyl (C=O) groups excluding carboxylic acids is 1. The molecule has 0 saturated heterocycles. The van der Waals surface area contributed by atoms with Crippen molar-refractivity contribution < 1.29 is 4.79 Å². The molecule has 30 heavy (non-hydrogen) atoms. The van der Waals surface area contributed by atoms with Crippen LogP contribution in [0.1, 0.15) is 0 Å².